The molecule has 1 aromatic carbocycles. The second-order valence-corrected chi connectivity index (χ2v) is 5.37. The highest BCUT2D eigenvalue weighted by molar-refractivity contribution is 7.80. The summed E-state index contributed by atoms with van der Waals surface area (Å²) in [6, 6.07) is 7.01. The van der Waals surface area contributed by atoms with Crippen LogP contribution in [-0.2, 0) is 4.74 Å². The number of amides is 1. The van der Waals surface area contributed by atoms with Gasteiger partial charge in [0.1, 0.15) is 5.92 Å². The van der Waals surface area contributed by atoms with E-state index in [4.69, 9.17) is 17.0 Å². The van der Waals surface area contributed by atoms with Gasteiger partial charge in [-0.1, -0.05) is 12.1 Å². The number of thiocarbonyl (C=S) groups is 1. The van der Waals surface area contributed by atoms with Gasteiger partial charge in [-0.3, -0.25) is 10.1 Å². The Hall–Kier alpha value is -2.86. The molecule has 0 saturated carbocycles. The smallest absolute Gasteiger partial charge is 0.416 e. The average Bonchev–Trinajstić information content (AvgIpc) is 2.54. The highest BCUT2D eigenvalue weighted by Crippen LogP contribution is 2.35. The highest BCUT2D eigenvalue weighted by atomic mass is 32.1. The maximum Gasteiger partial charge on any atom is 0.416 e. The fourth-order valence-corrected chi connectivity index (χ4v) is 2.82. The van der Waals surface area contributed by atoms with E-state index in [0.29, 0.717) is 11.3 Å². The molecule has 1 aliphatic heterocycles. The lowest BCUT2D eigenvalue weighted by molar-refractivity contribution is -0.385. The maximum absolute atomic E-state index is 12.3. The molecule has 9 heteroatoms. The summed E-state index contributed by atoms with van der Waals surface area (Å²) in [6.45, 7) is 3.40. The van der Waals surface area contributed by atoms with Crippen molar-refractivity contribution in [3.63, 3.8) is 0 Å². The Kier molecular flexibility index (Phi) is 5.21. The molecule has 0 aromatic heterocycles. The van der Waals surface area contributed by atoms with Crippen LogP contribution in [0.3, 0.4) is 0 Å². The largest absolute Gasteiger partial charge is 0.449 e. The Bertz CT molecular complexity index is 771. The number of nitro benzene ring substituents is 1. The number of benzene rings is 1. The van der Waals surface area contributed by atoms with Gasteiger partial charge in [-0.05, 0) is 31.6 Å². The van der Waals surface area contributed by atoms with Gasteiger partial charge in [-0.15, -0.1) is 0 Å². The second kappa shape index (κ2) is 7.14. The van der Waals surface area contributed by atoms with Crippen LogP contribution in [0, 0.1) is 27.4 Å². The molecule has 0 spiro atoms. The summed E-state index contributed by atoms with van der Waals surface area (Å²) in [4.78, 5) is 27.9. The summed E-state index contributed by atoms with van der Waals surface area (Å²) in [6.07, 6.45) is -0.740. The number of nitriles is 1. The van der Waals surface area contributed by atoms with Crippen molar-refractivity contribution < 1.29 is 14.5 Å². The van der Waals surface area contributed by atoms with Crippen LogP contribution in [0.5, 0.6) is 0 Å². The van der Waals surface area contributed by atoms with Gasteiger partial charge in [-0.2, -0.15) is 5.26 Å². The molecule has 0 aliphatic carbocycles. The van der Waals surface area contributed by atoms with Crippen molar-refractivity contribution in [1.29, 1.82) is 5.26 Å². The van der Waals surface area contributed by atoms with Gasteiger partial charge in [0.25, 0.3) is 5.69 Å². The standard InChI is InChI=1S/C15H14N4O4S/c1-3-23-15(20)18-13(12(8-16)9(2)17-14(18)24)10-5-4-6-11(7-10)19(21)22/h4-7,12-13H,3H2,1-2H3. The van der Waals surface area contributed by atoms with Crippen molar-refractivity contribution in [2.45, 2.75) is 19.9 Å². The Morgan fingerprint density at radius 3 is 2.88 bits per heavy atom. The molecular formula is C15H14N4O4S. The maximum atomic E-state index is 12.3. The second-order valence-electron chi connectivity index (χ2n) is 5.01. The lowest BCUT2D eigenvalue weighted by Gasteiger charge is -2.36. The van der Waals surface area contributed by atoms with Crippen LogP contribution < -0.4 is 0 Å². The number of nitrogens with zero attached hydrogens (tertiary/aromatic N) is 4. The summed E-state index contributed by atoms with van der Waals surface area (Å²) in [5.41, 5.74) is 0.721. The van der Waals surface area contributed by atoms with Gasteiger partial charge >= 0.3 is 6.09 Å². The van der Waals surface area contributed by atoms with Crippen molar-refractivity contribution >= 4 is 34.8 Å². The quantitative estimate of drug-likeness (QED) is 0.473. The fraction of sp³-hybridized carbons (Fsp3) is 0.333. The van der Waals surface area contributed by atoms with Gasteiger partial charge in [0.15, 0.2) is 0 Å². The Morgan fingerprint density at radius 2 is 2.29 bits per heavy atom. The van der Waals surface area contributed by atoms with Crippen LogP contribution in [0.25, 0.3) is 0 Å². The molecule has 24 heavy (non-hydrogen) atoms. The molecule has 8 nitrogen and oxygen atoms in total. The SMILES string of the molecule is CCOC(=O)N1C(=S)N=C(C)C(C#N)C1c1cccc([N+](=O)[O-])c1. The number of rotatable bonds is 3. The van der Waals surface area contributed by atoms with E-state index in [1.807, 2.05) is 0 Å². The zero-order valence-electron chi connectivity index (χ0n) is 13.0. The van der Waals surface area contributed by atoms with Crippen molar-refractivity contribution in [1.82, 2.24) is 4.90 Å². The molecule has 124 valence electrons. The molecule has 0 N–H and O–H groups in total. The summed E-state index contributed by atoms with van der Waals surface area (Å²) >= 11 is 5.15. The van der Waals surface area contributed by atoms with Crippen LogP contribution in [0.4, 0.5) is 10.5 Å². The van der Waals surface area contributed by atoms with Crippen LogP contribution in [0.2, 0.25) is 0 Å². The number of carbonyl (C=O) groups is 1. The van der Waals surface area contributed by atoms with E-state index in [1.54, 1.807) is 19.9 Å². The summed E-state index contributed by atoms with van der Waals surface area (Å²) in [5.74, 6) is -0.789. The number of ether oxygens (including phenoxy) is 1. The summed E-state index contributed by atoms with van der Waals surface area (Å²) in [7, 11) is 0. The normalized spacial score (nSPS) is 20.1. The molecule has 2 atom stereocenters. The van der Waals surface area contributed by atoms with Crippen molar-refractivity contribution in [2.24, 2.45) is 10.9 Å². The van der Waals surface area contributed by atoms with E-state index < -0.39 is 23.0 Å². The van der Waals surface area contributed by atoms with Gasteiger partial charge in [0, 0.05) is 17.8 Å². The molecule has 0 radical (unpaired) electrons. The molecule has 0 bridgehead atoms. The molecule has 1 aliphatic rings. The third kappa shape index (κ3) is 3.23. The number of aliphatic imine (C=N–C) groups is 1. The first-order valence-corrected chi connectivity index (χ1v) is 7.50. The molecule has 2 rings (SSSR count). The van der Waals surface area contributed by atoms with E-state index in [2.05, 4.69) is 11.1 Å². The Balaban J connectivity index is 2.59. The first-order chi connectivity index (χ1) is 11.4. The van der Waals surface area contributed by atoms with Crippen LogP contribution in [-0.4, -0.2) is 33.3 Å². The highest BCUT2D eigenvalue weighted by Gasteiger charge is 2.41. The van der Waals surface area contributed by atoms with Crippen molar-refractivity contribution in [3.05, 3.63) is 39.9 Å². The topological polar surface area (TPSA) is 109 Å². The van der Waals surface area contributed by atoms with E-state index >= 15 is 0 Å². The minimum absolute atomic E-state index is 0.0334. The van der Waals surface area contributed by atoms with Crippen LogP contribution in [0.1, 0.15) is 25.5 Å². The Labute approximate surface area is 143 Å². The predicted molar refractivity (Wildman–Crippen MR) is 89.5 cm³/mol. The molecular weight excluding hydrogens is 332 g/mol. The first-order valence-electron chi connectivity index (χ1n) is 7.09. The molecule has 1 heterocycles. The Morgan fingerprint density at radius 1 is 1.58 bits per heavy atom. The van der Waals surface area contributed by atoms with Gasteiger partial charge in [0.05, 0.1) is 23.6 Å². The lowest BCUT2D eigenvalue weighted by atomic mass is 9.88. The number of carbonyl (C=O) groups excluding carboxylic acids is 1. The third-order valence-electron chi connectivity index (χ3n) is 3.55. The van der Waals surface area contributed by atoms with Gasteiger partial charge < -0.3 is 4.74 Å². The molecule has 0 saturated heterocycles. The average molecular weight is 346 g/mol. The minimum atomic E-state index is -0.834. The van der Waals surface area contributed by atoms with Crippen LogP contribution in [0.15, 0.2) is 29.3 Å². The number of non-ortho nitro benzene ring substituents is 1. The number of nitro groups is 1. The first kappa shape index (κ1) is 17.5. The summed E-state index contributed by atoms with van der Waals surface area (Å²) in [5, 5.41) is 20.5. The fourth-order valence-electron chi connectivity index (χ4n) is 2.48. The zero-order chi connectivity index (χ0) is 17.9. The monoisotopic (exact) mass is 346 g/mol. The van der Waals surface area contributed by atoms with Crippen molar-refractivity contribution in [2.75, 3.05) is 6.61 Å². The lowest BCUT2D eigenvalue weighted by Crippen LogP contribution is -2.46. The van der Waals surface area contributed by atoms with Crippen molar-refractivity contribution in [3.8, 4) is 6.07 Å². The van der Waals surface area contributed by atoms with E-state index in [1.165, 1.54) is 18.2 Å². The van der Waals surface area contributed by atoms with E-state index in [-0.39, 0.29) is 17.4 Å². The molecule has 0 fully saturated rings. The minimum Gasteiger partial charge on any atom is -0.449 e. The molecule has 1 aromatic rings. The summed E-state index contributed by atoms with van der Waals surface area (Å²) < 4.78 is 5.00. The van der Waals surface area contributed by atoms with E-state index in [0.717, 1.165) is 4.90 Å². The van der Waals surface area contributed by atoms with Crippen LogP contribution >= 0.6 is 12.2 Å². The zero-order valence-corrected chi connectivity index (χ0v) is 13.8. The van der Waals surface area contributed by atoms with Gasteiger partial charge in [0.2, 0.25) is 5.11 Å². The molecule has 1 amide bonds. The number of hydrogen-bond donors (Lipinski definition) is 0. The third-order valence-corrected chi connectivity index (χ3v) is 3.84. The molecule has 2 unspecified atom stereocenters. The van der Waals surface area contributed by atoms with E-state index in [9.17, 15) is 20.2 Å². The predicted octanol–water partition coefficient (Wildman–Crippen LogP) is 2.99. The van der Waals surface area contributed by atoms with Gasteiger partial charge in [-0.25, -0.2) is 14.7 Å². The number of hydrogen-bond acceptors (Lipinski definition) is 6.